The third-order valence-electron chi connectivity index (χ3n) is 3.99. The summed E-state index contributed by atoms with van der Waals surface area (Å²) in [4.78, 5) is 2.52. The lowest BCUT2D eigenvalue weighted by atomic mass is 9.90. The van der Waals surface area contributed by atoms with Crippen LogP contribution in [-0.2, 0) is 6.54 Å². The van der Waals surface area contributed by atoms with Crippen molar-refractivity contribution < 1.29 is 0 Å². The molecular weight excluding hydrogens is 242 g/mol. The molecule has 2 aromatic carbocycles. The van der Waals surface area contributed by atoms with Gasteiger partial charge in [-0.25, -0.2) is 0 Å². The highest BCUT2D eigenvalue weighted by molar-refractivity contribution is 5.68. The lowest BCUT2D eigenvalue weighted by Crippen LogP contribution is -2.32. The average Bonchev–Trinajstić information content (AvgIpc) is 2.49. The van der Waals surface area contributed by atoms with Gasteiger partial charge >= 0.3 is 0 Å². The molecule has 3 rings (SSSR count). The number of hydrogen-bond donors (Lipinski definition) is 0. The van der Waals surface area contributed by atoms with Gasteiger partial charge in [0.1, 0.15) is 0 Å². The van der Waals surface area contributed by atoms with Crippen LogP contribution in [-0.4, -0.2) is 18.0 Å². The molecule has 0 aromatic heterocycles. The van der Waals surface area contributed by atoms with Crippen LogP contribution >= 0.6 is 0 Å². The van der Waals surface area contributed by atoms with E-state index in [4.69, 9.17) is 0 Å². The van der Waals surface area contributed by atoms with Crippen molar-refractivity contribution in [2.24, 2.45) is 5.92 Å². The van der Waals surface area contributed by atoms with Crippen LogP contribution in [0.25, 0.3) is 5.57 Å². The van der Waals surface area contributed by atoms with Crippen molar-refractivity contribution in [3.05, 3.63) is 77.9 Å². The molecule has 1 heteroatoms. The summed E-state index contributed by atoms with van der Waals surface area (Å²) in [5.74, 6) is 0.592. The maximum atomic E-state index is 2.52. The minimum atomic E-state index is 0.592. The summed E-state index contributed by atoms with van der Waals surface area (Å²) in [7, 11) is 0. The minimum absolute atomic E-state index is 0.592. The van der Waals surface area contributed by atoms with Crippen LogP contribution in [0, 0.1) is 5.92 Å². The Morgan fingerprint density at radius 2 is 1.60 bits per heavy atom. The molecule has 1 aliphatic heterocycles. The monoisotopic (exact) mass is 263 g/mol. The van der Waals surface area contributed by atoms with E-state index in [-0.39, 0.29) is 0 Å². The summed E-state index contributed by atoms with van der Waals surface area (Å²) in [6, 6.07) is 21.5. The second kappa shape index (κ2) is 6.06. The van der Waals surface area contributed by atoms with Gasteiger partial charge in [-0.1, -0.05) is 73.7 Å². The van der Waals surface area contributed by atoms with Crippen molar-refractivity contribution in [3.8, 4) is 0 Å². The van der Waals surface area contributed by atoms with Crippen LogP contribution in [0.5, 0.6) is 0 Å². The van der Waals surface area contributed by atoms with Crippen molar-refractivity contribution in [3.63, 3.8) is 0 Å². The second-order valence-electron chi connectivity index (χ2n) is 5.61. The predicted molar refractivity (Wildman–Crippen MR) is 85.3 cm³/mol. The molecule has 1 atom stereocenters. The first-order chi connectivity index (χ1) is 9.83. The first-order valence-corrected chi connectivity index (χ1v) is 7.34. The quantitative estimate of drug-likeness (QED) is 0.801. The zero-order valence-corrected chi connectivity index (χ0v) is 12.0. The Labute approximate surface area is 121 Å². The predicted octanol–water partition coefficient (Wildman–Crippen LogP) is 4.22. The highest BCUT2D eigenvalue weighted by atomic mass is 15.1. The van der Waals surface area contributed by atoms with E-state index >= 15 is 0 Å². The van der Waals surface area contributed by atoms with Crippen LogP contribution in [0.4, 0.5) is 0 Å². The van der Waals surface area contributed by atoms with E-state index < -0.39 is 0 Å². The summed E-state index contributed by atoms with van der Waals surface area (Å²) in [5.41, 5.74) is 4.27. The van der Waals surface area contributed by atoms with Crippen LogP contribution in [0.15, 0.2) is 66.7 Å². The molecule has 2 aromatic rings. The van der Waals surface area contributed by atoms with Crippen LogP contribution in [0.1, 0.15) is 18.1 Å². The van der Waals surface area contributed by atoms with Gasteiger partial charge in [-0.05, 0) is 22.6 Å². The fraction of sp³-hybridized carbons (Fsp3) is 0.263. The topological polar surface area (TPSA) is 3.24 Å². The van der Waals surface area contributed by atoms with E-state index in [1.165, 1.54) is 16.7 Å². The molecule has 1 unspecified atom stereocenters. The minimum Gasteiger partial charge on any atom is -0.295 e. The van der Waals surface area contributed by atoms with Gasteiger partial charge in [-0.3, -0.25) is 4.90 Å². The Morgan fingerprint density at radius 3 is 2.25 bits per heavy atom. The lowest BCUT2D eigenvalue weighted by molar-refractivity contribution is 0.263. The molecule has 0 saturated heterocycles. The number of benzene rings is 2. The first kappa shape index (κ1) is 13.1. The molecule has 0 radical (unpaired) electrons. The second-order valence-corrected chi connectivity index (χ2v) is 5.61. The van der Waals surface area contributed by atoms with E-state index in [0.717, 1.165) is 19.6 Å². The fourth-order valence-corrected chi connectivity index (χ4v) is 2.99. The summed E-state index contributed by atoms with van der Waals surface area (Å²) < 4.78 is 0. The standard InChI is InChI=1S/C19H21N/c1-16-14-20(15-17-8-4-2-5-9-17)13-12-19(16)18-10-6-3-7-11-18/h2-12,16H,13-15H2,1H3. The van der Waals surface area contributed by atoms with E-state index in [9.17, 15) is 0 Å². The van der Waals surface area contributed by atoms with Crippen LogP contribution in [0.2, 0.25) is 0 Å². The molecule has 1 nitrogen and oxygen atoms in total. The average molecular weight is 263 g/mol. The Morgan fingerprint density at radius 1 is 0.950 bits per heavy atom. The van der Waals surface area contributed by atoms with Crippen molar-refractivity contribution in [1.29, 1.82) is 0 Å². The largest absolute Gasteiger partial charge is 0.295 e. The number of nitrogens with zero attached hydrogens (tertiary/aromatic N) is 1. The molecule has 0 amide bonds. The Balaban J connectivity index is 1.71. The number of hydrogen-bond acceptors (Lipinski definition) is 1. The van der Waals surface area contributed by atoms with Crippen molar-refractivity contribution in [2.45, 2.75) is 13.5 Å². The fourth-order valence-electron chi connectivity index (χ4n) is 2.99. The third kappa shape index (κ3) is 3.00. The molecule has 0 spiro atoms. The molecule has 102 valence electrons. The van der Waals surface area contributed by atoms with Gasteiger partial charge in [0.05, 0.1) is 0 Å². The summed E-state index contributed by atoms with van der Waals surface area (Å²) in [6.45, 7) is 5.55. The van der Waals surface area contributed by atoms with Crippen LogP contribution < -0.4 is 0 Å². The molecule has 20 heavy (non-hydrogen) atoms. The van der Waals surface area contributed by atoms with Gasteiger partial charge in [0, 0.05) is 19.6 Å². The molecular formula is C19H21N. The summed E-state index contributed by atoms with van der Waals surface area (Å²) in [5, 5.41) is 0. The molecule has 0 bridgehead atoms. The molecule has 0 N–H and O–H groups in total. The van der Waals surface area contributed by atoms with Gasteiger partial charge in [0.15, 0.2) is 0 Å². The highest BCUT2D eigenvalue weighted by Crippen LogP contribution is 2.27. The highest BCUT2D eigenvalue weighted by Gasteiger charge is 2.19. The van der Waals surface area contributed by atoms with Gasteiger partial charge < -0.3 is 0 Å². The normalized spacial score (nSPS) is 19.6. The molecule has 1 heterocycles. The van der Waals surface area contributed by atoms with Crippen molar-refractivity contribution in [2.75, 3.05) is 13.1 Å². The Hall–Kier alpha value is -1.86. The van der Waals surface area contributed by atoms with Gasteiger partial charge in [0.25, 0.3) is 0 Å². The van der Waals surface area contributed by atoms with Crippen LogP contribution in [0.3, 0.4) is 0 Å². The molecule has 0 saturated carbocycles. The van der Waals surface area contributed by atoms with Gasteiger partial charge in [-0.15, -0.1) is 0 Å². The Bertz CT molecular complexity index is 571. The maximum absolute atomic E-state index is 2.52. The van der Waals surface area contributed by atoms with E-state index in [1.807, 2.05) is 0 Å². The lowest BCUT2D eigenvalue weighted by Gasteiger charge is -2.31. The summed E-state index contributed by atoms with van der Waals surface area (Å²) >= 11 is 0. The number of rotatable bonds is 3. The van der Waals surface area contributed by atoms with Crippen molar-refractivity contribution in [1.82, 2.24) is 4.90 Å². The summed E-state index contributed by atoms with van der Waals surface area (Å²) in [6.07, 6.45) is 2.40. The zero-order chi connectivity index (χ0) is 13.8. The third-order valence-corrected chi connectivity index (χ3v) is 3.99. The maximum Gasteiger partial charge on any atom is 0.0237 e. The SMILES string of the molecule is CC1CN(Cc2ccccc2)CC=C1c1ccccc1. The molecule has 1 aliphatic rings. The van der Waals surface area contributed by atoms with Gasteiger partial charge in [-0.2, -0.15) is 0 Å². The van der Waals surface area contributed by atoms with E-state index in [2.05, 4.69) is 78.6 Å². The molecule has 0 aliphatic carbocycles. The van der Waals surface area contributed by atoms with Crippen molar-refractivity contribution >= 4 is 5.57 Å². The van der Waals surface area contributed by atoms with E-state index in [0.29, 0.717) is 5.92 Å². The smallest absolute Gasteiger partial charge is 0.0237 e. The molecule has 0 fully saturated rings. The zero-order valence-electron chi connectivity index (χ0n) is 12.0. The Kier molecular flexibility index (Phi) is 3.98. The van der Waals surface area contributed by atoms with Gasteiger partial charge in [0.2, 0.25) is 0 Å². The van der Waals surface area contributed by atoms with E-state index in [1.54, 1.807) is 0 Å². The first-order valence-electron chi connectivity index (χ1n) is 7.34.